The molecule has 1 saturated carbocycles. The number of nitrogens with zero attached hydrogens (tertiary/aromatic N) is 2. The second-order valence-corrected chi connectivity index (χ2v) is 23.2. The van der Waals surface area contributed by atoms with E-state index in [1.165, 1.54) is 115 Å². The third-order valence-electron chi connectivity index (χ3n) is 15.4. The molecule has 0 spiro atoms. The van der Waals surface area contributed by atoms with E-state index in [0.717, 1.165) is 5.02 Å². The summed E-state index contributed by atoms with van der Waals surface area (Å²) in [6.45, 7) is 29.3. The van der Waals surface area contributed by atoms with E-state index in [9.17, 15) is 0 Å². The number of thiophene rings is 1. The molecule has 5 aliphatic rings. The van der Waals surface area contributed by atoms with E-state index in [4.69, 9.17) is 11.6 Å². The van der Waals surface area contributed by atoms with Gasteiger partial charge in [0.25, 0.3) is 6.71 Å². The van der Waals surface area contributed by atoms with Gasteiger partial charge in [0.2, 0.25) is 0 Å². The first-order valence-electron chi connectivity index (χ1n) is 21.0. The molecule has 1 fully saturated rings. The summed E-state index contributed by atoms with van der Waals surface area (Å²) in [5, 5.41) is 3.60. The van der Waals surface area contributed by atoms with Crippen molar-refractivity contribution in [2.75, 3.05) is 9.80 Å². The summed E-state index contributed by atoms with van der Waals surface area (Å²) in [5.74, 6) is 0. The second-order valence-electron chi connectivity index (χ2n) is 21.8. The van der Waals surface area contributed by atoms with Crippen LogP contribution >= 0.6 is 22.9 Å². The van der Waals surface area contributed by atoms with Crippen molar-refractivity contribution < 1.29 is 0 Å². The van der Waals surface area contributed by atoms with Gasteiger partial charge in [0.1, 0.15) is 0 Å². The first-order valence-corrected chi connectivity index (χ1v) is 22.2. The standard InChI is InChI=1S/C50H58BClN2S/c1-45(2,3)29-15-17-32(18-16-29)53-38-25-31(52)26-39-42(38)51(41-33-27-34-35(28-40(33)55-44(41)53)48(9,10)22-21-47(34,7)8)37-24-30(46(4,5)6)23-36-43(37)54(39)50(12)20-14-13-19-49(36,50)11/h15-18,23-28H,13-14,19-22H2,1-12H3. The van der Waals surface area contributed by atoms with Crippen molar-refractivity contribution >= 4 is 83.9 Å². The first-order chi connectivity index (χ1) is 25.7. The molecule has 3 aliphatic heterocycles. The van der Waals surface area contributed by atoms with Gasteiger partial charge in [0, 0.05) is 37.9 Å². The molecule has 10 rings (SSSR count). The van der Waals surface area contributed by atoms with Gasteiger partial charge in [-0.15, -0.1) is 11.3 Å². The summed E-state index contributed by atoms with van der Waals surface area (Å²) >= 11 is 9.38. The van der Waals surface area contributed by atoms with Gasteiger partial charge in [-0.1, -0.05) is 125 Å². The lowest BCUT2D eigenvalue weighted by atomic mass is 9.33. The van der Waals surface area contributed by atoms with E-state index >= 15 is 0 Å². The quantitative estimate of drug-likeness (QED) is 0.154. The SMILES string of the molecule is CC(C)(C)c1ccc(N2c3cc(Cl)cc4c3B(c3cc(C(C)(C)C)cc5c3N4C3(C)CCCCC53C)c3c2sc2cc4c(cc32)C(C)(C)CCC4(C)C)cc1. The van der Waals surface area contributed by atoms with Crippen LogP contribution in [0, 0.1) is 0 Å². The minimum Gasteiger partial charge on any atom is -0.335 e. The number of halogens is 1. The van der Waals surface area contributed by atoms with E-state index in [0.29, 0.717) is 0 Å². The maximum absolute atomic E-state index is 7.38. The molecule has 4 heterocycles. The topological polar surface area (TPSA) is 6.48 Å². The monoisotopic (exact) mass is 764 g/mol. The van der Waals surface area contributed by atoms with Crippen molar-refractivity contribution in [1.29, 1.82) is 0 Å². The summed E-state index contributed by atoms with van der Waals surface area (Å²) in [6, 6.07) is 24.6. The molecule has 1 aromatic heterocycles. The van der Waals surface area contributed by atoms with Crippen LogP contribution in [0.3, 0.4) is 0 Å². The molecule has 2 aliphatic carbocycles. The van der Waals surface area contributed by atoms with Crippen molar-refractivity contribution in [3.8, 4) is 0 Å². The highest BCUT2D eigenvalue weighted by Crippen LogP contribution is 2.63. The maximum atomic E-state index is 7.38. The fourth-order valence-electron chi connectivity index (χ4n) is 11.7. The van der Waals surface area contributed by atoms with Crippen LogP contribution in [0.1, 0.15) is 149 Å². The summed E-state index contributed by atoms with van der Waals surface area (Å²) < 4.78 is 1.41. The Balaban J connectivity index is 1.36. The highest BCUT2D eigenvalue weighted by atomic mass is 35.5. The van der Waals surface area contributed by atoms with E-state index in [1.807, 2.05) is 11.3 Å². The largest absolute Gasteiger partial charge is 0.335 e. The first kappa shape index (κ1) is 36.2. The number of benzene rings is 4. The molecule has 5 heteroatoms. The molecule has 0 bridgehead atoms. The third kappa shape index (κ3) is 4.74. The van der Waals surface area contributed by atoms with Gasteiger partial charge in [-0.3, -0.25) is 0 Å². The number of fused-ring (bicyclic) bond motifs is 10. The Kier molecular flexibility index (Phi) is 7.26. The Bertz CT molecular complexity index is 2480. The fraction of sp³-hybridized carbons (Fsp3) is 0.480. The molecule has 2 atom stereocenters. The van der Waals surface area contributed by atoms with Crippen LogP contribution in [0.4, 0.5) is 27.8 Å². The Morgan fingerprint density at radius 1 is 0.655 bits per heavy atom. The third-order valence-corrected chi connectivity index (χ3v) is 16.8. The highest BCUT2D eigenvalue weighted by molar-refractivity contribution is 7.26. The molecular weight excluding hydrogens is 707 g/mol. The smallest absolute Gasteiger partial charge is 0.254 e. The number of hydrogen-bond acceptors (Lipinski definition) is 3. The van der Waals surface area contributed by atoms with Crippen molar-refractivity contribution in [2.24, 2.45) is 0 Å². The number of rotatable bonds is 1. The molecule has 0 amide bonds. The van der Waals surface area contributed by atoms with E-state index < -0.39 is 0 Å². The van der Waals surface area contributed by atoms with Crippen LogP contribution in [-0.2, 0) is 27.1 Å². The molecule has 2 unspecified atom stereocenters. The van der Waals surface area contributed by atoms with Crippen molar-refractivity contribution in [1.82, 2.24) is 0 Å². The van der Waals surface area contributed by atoms with Crippen molar-refractivity contribution in [2.45, 2.75) is 154 Å². The lowest BCUT2D eigenvalue weighted by Crippen LogP contribution is -2.64. The minimum absolute atomic E-state index is 0.0210. The molecule has 2 nitrogen and oxygen atoms in total. The normalized spacial score (nSPS) is 24.3. The Morgan fingerprint density at radius 3 is 1.93 bits per heavy atom. The average Bonchev–Trinajstić information content (AvgIpc) is 3.57. The van der Waals surface area contributed by atoms with Crippen LogP contribution in [-0.4, -0.2) is 12.3 Å². The van der Waals surface area contributed by atoms with E-state index in [2.05, 4.69) is 154 Å². The van der Waals surface area contributed by atoms with Crippen LogP contribution in [0.5, 0.6) is 0 Å². The van der Waals surface area contributed by atoms with Gasteiger partial charge < -0.3 is 9.80 Å². The van der Waals surface area contributed by atoms with Gasteiger partial charge in [-0.05, 0) is 140 Å². The Morgan fingerprint density at radius 2 is 1.27 bits per heavy atom. The fourth-order valence-corrected chi connectivity index (χ4v) is 13.2. The second kappa shape index (κ2) is 11.0. The molecule has 5 aromatic rings. The zero-order valence-electron chi connectivity index (χ0n) is 35.3. The number of anilines is 5. The van der Waals surface area contributed by atoms with Gasteiger partial charge in [0.05, 0.1) is 10.5 Å². The molecule has 0 saturated heterocycles. The lowest BCUT2D eigenvalue weighted by Gasteiger charge is -2.52. The van der Waals surface area contributed by atoms with Crippen molar-refractivity contribution in [3.63, 3.8) is 0 Å². The van der Waals surface area contributed by atoms with Crippen LogP contribution < -0.4 is 26.2 Å². The summed E-state index contributed by atoms with van der Waals surface area (Å²) in [7, 11) is 0. The van der Waals surface area contributed by atoms with E-state index in [1.54, 1.807) is 5.56 Å². The molecule has 55 heavy (non-hydrogen) atoms. The summed E-state index contributed by atoms with van der Waals surface area (Å²) in [6.07, 6.45) is 7.34. The van der Waals surface area contributed by atoms with E-state index in [-0.39, 0.29) is 39.3 Å². The molecule has 0 N–H and O–H groups in total. The predicted molar refractivity (Wildman–Crippen MR) is 242 cm³/mol. The molecule has 284 valence electrons. The average molecular weight is 765 g/mol. The number of hydrogen-bond donors (Lipinski definition) is 0. The predicted octanol–water partition coefficient (Wildman–Crippen LogP) is 12.9. The maximum Gasteiger partial charge on any atom is 0.254 e. The molecular formula is C50H58BClN2S. The minimum atomic E-state index is -0.0485. The zero-order valence-corrected chi connectivity index (χ0v) is 36.8. The van der Waals surface area contributed by atoms with Gasteiger partial charge in [-0.2, -0.15) is 0 Å². The Hall–Kier alpha value is -3.21. The summed E-state index contributed by atoms with van der Waals surface area (Å²) in [4.78, 5) is 5.42. The Labute approximate surface area is 339 Å². The van der Waals surface area contributed by atoms with Crippen LogP contribution in [0.2, 0.25) is 5.02 Å². The zero-order chi connectivity index (χ0) is 39.0. The van der Waals surface area contributed by atoms with Gasteiger partial charge in [0.15, 0.2) is 0 Å². The van der Waals surface area contributed by atoms with Gasteiger partial charge >= 0.3 is 0 Å². The van der Waals surface area contributed by atoms with Gasteiger partial charge in [-0.25, -0.2) is 0 Å². The van der Waals surface area contributed by atoms with Crippen molar-refractivity contribution in [3.05, 3.63) is 93.5 Å². The van der Waals surface area contributed by atoms with Crippen LogP contribution in [0.25, 0.3) is 10.1 Å². The summed E-state index contributed by atoms with van der Waals surface area (Å²) in [5.41, 5.74) is 17.4. The lowest BCUT2D eigenvalue weighted by molar-refractivity contribution is 0.195. The highest BCUT2D eigenvalue weighted by Gasteiger charge is 2.62. The molecule has 0 radical (unpaired) electrons. The van der Waals surface area contributed by atoms with Crippen LogP contribution in [0.15, 0.2) is 60.7 Å². The molecule has 4 aromatic carbocycles.